The van der Waals surface area contributed by atoms with Gasteiger partial charge in [0.05, 0.1) is 6.61 Å². The highest BCUT2D eigenvalue weighted by atomic mass is 32.2. The quantitative estimate of drug-likeness (QED) is 0.656. The lowest BCUT2D eigenvalue weighted by Gasteiger charge is -2.09. The zero-order valence-electron chi connectivity index (χ0n) is 11.9. The molecule has 0 saturated heterocycles. The number of hydrogen-bond donors (Lipinski definition) is 1. The average molecular weight is 302 g/mol. The van der Waals surface area contributed by atoms with Crippen LogP contribution in [0.25, 0.3) is 11.1 Å². The summed E-state index contributed by atoms with van der Waals surface area (Å²) in [6, 6.07) is 18.2. The number of rotatable bonds is 6. The Kier molecular flexibility index (Phi) is 5.84. The van der Waals surface area contributed by atoms with Gasteiger partial charge in [-0.2, -0.15) is 0 Å². The van der Waals surface area contributed by atoms with Crippen molar-refractivity contribution in [2.45, 2.75) is 17.9 Å². The zero-order valence-corrected chi connectivity index (χ0v) is 12.7. The van der Waals surface area contributed by atoms with Crippen LogP contribution in [0.5, 0.6) is 0 Å². The van der Waals surface area contributed by atoms with E-state index in [2.05, 4.69) is 12.1 Å². The fraction of sp³-hybridized carbons (Fsp3) is 0.235. The molecule has 0 heterocycles. The summed E-state index contributed by atoms with van der Waals surface area (Å²) in [6.45, 7) is 2.01. The maximum atomic E-state index is 11.3. The highest BCUT2D eigenvalue weighted by Gasteiger charge is 2.16. The van der Waals surface area contributed by atoms with Crippen LogP contribution in [0, 0.1) is 0 Å². The maximum absolute atomic E-state index is 11.3. The van der Waals surface area contributed by atoms with Crippen LogP contribution in [0.3, 0.4) is 0 Å². The van der Waals surface area contributed by atoms with Crippen molar-refractivity contribution in [2.75, 3.05) is 12.4 Å². The van der Waals surface area contributed by atoms with Crippen molar-refractivity contribution in [3.8, 4) is 11.1 Å². The summed E-state index contributed by atoms with van der Waals surface area (Å²) >= 11 is 1.44. The fourth-order valence-electron chi connectivity index (χ4n) is 1.86. The molecule has 0 amide bonds. The van der Waals surface area contributed by atoms with Crippen LogP contribution >= 0.6 is 11.8 Å². The summed E-state index contributed by atoms with van der Waals surface area (Å²) in [4.78, 5) is 12.3. The van der Waals surface area contributed by atoms with Crippen molar-refractivity contribution in [1.29, 1.82) is 0 Å². The molecule has 110 valence electrons. The van der Waals surface area contributed by atoms with Crippen LogP contribution in [0.15, 0.2) is 59.5 Å². The Morgan fingerprint density at radius 2 is 1.71 bits per heavy atom. The van der Waals surface area contributed by atoms with Gasteiger partial charge in [0, 0.05) is 10.6 Å². The monoisotopic (exact) mass is 302 g/mol. The van der Waals surface area contributed by atoms with Crippen LogP contribution in [-0.4, -0.2) is 29.5 Å². The van der Waals surface area contributed by atoms with E-state index in [-0.39, 0.29) is 6.61 Å². The predicted octanol–water partition coefficient (Wildman–Crippen LogP) is 3.37. The van der Waals surface area contributed by atoms with E-state index in [4.69, 9.17) is 4.74 Å². The third kappa shape index (κ3) is 4.62. The van der Waals surface area contributed by atoms with Gasteiger partial charge < -0.3 is 9.84 Å². The minimum absolute atomic E-state index is 0.284. The molecule has 2 aromatic rings. The second-order valence-corrected chi connectivity index (χ2v) is 5.56. The summed E-state index contributed by atoms with van der Waals surface area (Å²) in [5, 5.41) is 9.65. The van der Waals surface area contributed by atoms with E-state index in [0.717, 1.165) is 10.5 Å². The smallest absolute Gasteiger partial charge is 0.335 e. The second-order valence-electron chi connectivity index (χ2n) is 4.47. The molecule has 0 aliphatic rings. The van der Waals surface area contributed by atoms with Gasteiger partial charge in [-0.1, -0.05) is 42.5 Å². The zero-order chi connectivity index (χ0) is 15.1. The van der Waals surface area contributed by atoms with Gasteiger partial charge in [0.1, 0.15) is 0 Å². The number of hydrogen-bond acceptors (Lipinski definition) is 4. The Morgan fingerprint density at radius 1 is 1.10 bits per heavy atom. The van der Waals surface area contributed by atoms with Gasteiger partial charge in [0.15, 0.2) is 6.10 Å². The number of carbonyl (C=O) groups excluding carboxylic acids is 1. The predicted molar refractivity (Wildman–Crippen MR) is 85.2 cm³/mol. The Bertz CT molecular complexity index is 566. The van der Waals surface area contributed by atoms with E-state index in [1.807, 2.05) is 42.5 Å². The first kappa shape index (κ1) is 15.6. The molecule has 0 bridgehead atoms. The van der Waals surface area contributed by atoms with E-state index in [9.17, 15) is 9.90 Å². The molecule has 0 unspecified atom stereocenters. The molecule has 0 radical (unpaired) electrons. The molecule has 0 aliphatic carbocycles. The normalized spacial score (nSPS) is 11.9. The topological polar surface area (TPSA) is 46.5 Å². The number of carbonyl (C=O) groups is 1. The van der Waals surface area contributed by atoms with Crippen molar-refractivity contribution in [2.24, 2.45) is 0 Å². The van der Waals surface area contributed by atoms with Crippen LogP contribution < -0.4 is 0 Å². The van der Waals surface area contributed by atoms with E-state index in [1.165, 1.54) is 17.3 Å². The van der Waals surface area contributed by atoms with Gasteiger partial charge in [-0.15, -0.1) is 11.8 Å². The van der Waals surface area contributed by atoms with E-state index >= 15 is 0 Å². The van der Waals surface area contributed by atoms with Gasteiger partial charge in [-0.25, -0.2) is 4.79 Å². The van der Waals surface area contributed by atoms with Crippen molar-refractivity contribution < 1.29 is 14.6 Å². The van der Waals surface area contributed by atoms with Crippen molar-refractivity contribution >= 4 is 17.7 Å². The fourth-order valence-corrected chi connectivity index (χ4v) is 2.67. The lowest BCUT2D eigenvalue weighted by molar-refractivity contribution is -0.151. The van der Waals surface area contributed by atoms with Gasteiger partial charge in [0.25, 0.3) is 0 Å². The summed E-state index contributed by atoms with van der Waals surface area (Å²) < 4.78 is 4.77. The molecule has 21 heavy (non-hydrogen) atoms. The SMILES string of the molecule is CCOC(=O)[C@H](O)CSc1ccc(-c2ccccc2)cc1. The molecular weight excluding hydrogens is 284 g/mol. The summed E-state index contributed by atoms with van der Waals surface area (Å²) in [5.41, 5.74) is 2.31. The summed E-state index contributed by atoms with van der Waals surface area (Å²) in [6.07, 6.45) is -1.08. The first-order valence-corrected chi connectivity index (χ1v) is 7.82. The Hall–Kier alpha value is -1.78. The van der Waals surface area contributed by atoms with E-state index < -0.39 is 12.1 Å². The third-order valence-electron chi connectivity index (χ3n) is 2.93. The second kappa shape index (κ2) is 7.86. The number of aliphatic hydroxyl groups excluding tert-OH is 1. The van der Waals surface area contributed by atoms with Crippen molar-refractivity contribution in [3.63, 3.8) is 0 Å². The standard InChI is InChI=1S/C17H18O3S/c1-2-20-17(19)16(18)12-21-15-10-8-14(9-11-15)13-6-4-3-5-7-13/h3-11,16,18H,2,12H2,1H3/t16-/m1/s1. The molecule has 0 aliphatic heterocycles. The molecule has 1 atom stereocenters. The number of ether oxygens (including phenoxy) is 1. The lowest BCUT2D eigenvalue weighted by atomic mass is 10.1. The number of esters is 1. The van der Waals surface area contributed by atoms with Crippen LogP contribution in [0.4, 0.5) is 0 Å². The van der Waals surface area contributed by atoms with Crippen LogP contribution in [0.2, 0.25) is 0 Å². The molecule has 4 heteroatoms. The number of aliphatic hydroxyl groups is 1. The van der Waals surface area contributed by atoms with Gasteiger partial charge >= 0.3 is 5.97 Å². The maximum Gasteiger partial charge on any atom is 0.335 e. The average Bonchev–Trinajstić information content (AvgIpc) is 2.54. The molecular formula is C17H18O3S. The molecule has 0 saturated carbocycles. The summed E-state index contributed by atoms with van der Waals surface area (Å²) in [5.74, 6) is -0.269. The highest BCUT2D eigenvalue weighted by molar-refractivity contribution is 7.99. The number of thioether (sulfide) groups is 1. The molecule has 2 rings (SSSR count). The molecule has 0 aromatic heterocycles. The van der Waals surface area contributed by atoms with Crippen molar-refractivity contribution in [3.05, 3.63) is 54.6 Å². The Morgan fingerprint density at radius 3 is 2.33 bits per heavy atom. The molecule has 3 nitrogen and oxygen atoms in total. The molecule has 1 N–H and O–H groups in total. The van der Waals surface area contributed by atoms with Gasteiger partial charge in [-0.05, 0) is 30.2 Å². The first-order chi connectivity index (χ1) is 10.2. The van der Waals surface area contributed by atoms with Crippen LogP contribution in [-0.2, 0) is 9.53 Å². The minimum atomic E-state index is -1.08. The Balaban J connectivity index is 1.93. The number of benzene rings is 2. The highest BCUT2D eigenvalue weighted by Crippen LogP contribution is 2.24. The largest absolute Gasteiger partial charge is 0.464 e. The summed E-state index contributed by atoms with van der Waals surface area (Å²) in [7, 11) is 0. The molecule has 2 aromatic carbocycles. The first-order valence-electron chi connectivity index (χ1n) is 6.83. The van der Waals surface area contributed by atoms with Gasteiger partial charge in [-0.3, -0.25) is 0 Å². The van der Waals surface area contributed by atoms with Gasteiger partial charge in [0.2, 0.25) is 0 Å². The minimum Gasteiger partial charge on any atom is -0.464 e. The van der Waals surface area contributed by atoms with Crippen molar-refractivity contribution in [1.82, 2.24) is 0 Å². The lowest BCUT2D eigenvalue weighted by Crippen LogP contribution is -2.25. The molecule has 0 spiro atoms. The van der Waals surface area contributed by atoms with Crippen LogP contribution in [0.1, 0.15) is 6.92 Å². The van der Waals surface area contributed by atoms with E-state index in [1.54, 1.807) is 6.92 Å². The Labute approximate surface area is 129 Å². The van der Waals surface area contributed by atoms with E-state index in [0.29, 0.717) is 5.75 Å². The third-order valence-corrected chi connectivity index (χ3v) is 4.02. The molecule has 0 fully saturated rings.